The largest absolute Gasteiger partial charge is 0.490 e. The molecule has 0 fully saturated rings. The number of fused-ring (bicyclic) bond motifs is 1. The molecule has 2 rings (SSSR count). The van der Waals surface area contributed by atoms with Gasteiger partial charge in [0.25, 0.3) is 0 Å². The Morgan fingerprint density at radius 2 is 2.18 bits per heavy atom. The summed E-state index contributed by atoms with van der Waals surface area (Å²) >= 11 is 0. The second kappa shape index (κ2) is 4.37. The Hall–Kier alpha value is -1.55. The molecular weight excluding hydrogens is 216 g/mol. The van der Waals surface area contributed by atoms with Crippen molar-refractivity contribution >= 4 is 11.6 Å². The van der Waals surface area contributed by atoms with Gasteiger partial charge in [0.05, 0.1) is 12.2 Å². The van der Waals surface area contributed by atoms with Crippen LogP contribution in [0.5, 0.6) is 5.75 Å². The van der Waals surface area contributed by atoms with Crippen LogP contribution in [-0.2, 0) is 4.79 Å². The van der Waals surface area contributed by atoms with E-state index in [9.17, 15) is 4.79 Å². The van der Waals surface area contributed by atoms with Gasteiger partial charge in [0, 0.05) is 12.0 Å². The Morgan fingerprint density at radius 1 is 1.47 bits per heavy atom. The number of nitrogens with zero attached hydrogens (tertiary/aromatic N) is 1. The second-order valence-electron chi connectivity index (χ2n) is 5.03. The second-order valence-corrected chi connectivity index (χ2v) is 5.03. The Morgan fingerprint density at radius 3 is 2.88 bits per heavy atom. The van der Waals surface area contributed by atoms with E-state index in [4.69, 9.17) is 10.5 Å². The first-order chi connectivity index (χ1) is 7.97. The molecule has 1 aliphatic rings. The maximum atomic E-state index is 12.2. The van der Waals surface area contributed by atoms with E-state index in [1.165, 1.54) is 0 Å². The summed E-state index contributed by atoms with van der Waals surface area (Å²) in [5.41, 5.74) is 6.24. The Kier molecular flexibility index (Phi) is 3.07. The summed E-state index contributed by atoms with van der Waals surface area (Å²) in [5.74, 6) is 0.815. The number of hydrogen-bond acceptors (Lipinski definition) is 3. The van der Waals surface area contributed by atoms with Crippen molar-refractivity contribution in [3.63, 3.8) is 0 Å². The fraction of sp³-hybridized carbons (Fsp3) is 0.462. The standard InChI is InChI=1S/C13H18N2O2/c1-13(2,14)9-12(16)15-7-8-17-11-6-4-3-5-10(11)15/h3-6H,7-9,14H2,1-2H3. The van der Waals surface area contributed by atoms with Gasteiger partial charge in [-0.05, 0) is 26.0 Å². The normalized spacial score (nSPS) is 15.1. The molecule has 1 heterocycles. The first kappa shape index (κ1) is 11.9. The quantitative estimate of drug-likeness (QED) is 0.844. The molecule has 0 aliphatic carbocycles. The summed E-state index contributed by atoms with van der Waals surface area (Å²) in [6, 6.07) is 7.58. The molecular formula is C13H18N2O2. The third-order valence-electron chi connectivity index (χ3n) is 2.64. The summed E-state index contributed by atoms with van der Waals surface area (Å²) in [5, 5.41) is 0. The van der Waals surface area contributed by atoms with E-state index in [0.29, 0.717) is 19.6 Å². The van der Waals surface area contributed by atoms with Crippen LogP contribution in [0.1, 0.15) is 20.3 Å². The molecule has 4 heteroatoms. The molecule has 17 heavy (non-hydrogen) atoms. The minimum absolute atomic E-state index is 0.0493. The molecule has 0 atom stereocenters. The maximum Gasteiger partial charge on any atom is 0.229 e. The zero-order valence-corrected chi connectivity index (χ0v) is 10.3. The van der Waals surface area contributed by atoms with E-state index >= 15 is 0 Å². The molecule has 2 N–H and O–H groups in total. The summed E-state index contributed by atoms with van der Waals surface area (Å²) in [6.45, 7) is 4.84. The van der Waals surface area contributed by atoms with Crippen LogP contribution in [0, 0.1) is 0 Å². The van der Waals surface area contributed by atoms with Crippen molar-refractivity contribution in [2.75, 3.05) is 18.1 Å². The monoisotopic (exact) mass is 234 g/mol. The van der Waals surface area contributed by atoms with E-state index < -0.39 is 5.54 Å². The van der Waals surface area contributed by atoms with Crippen molar-refractivity contribution in [2.45, 2.75) is 25.8 Å². The molecule has 0 spiro atoms. The SMILES string of the molecule is CC(C)(N)CC(=O)N1CCOc2ccccc21. The van der Waals surface area contributed by atoms with Crippen LogP contribution in [0.25, 0.3) is 0 Å². The summed E-state index contributed by atoms with van der Waals surface area (Å²) in [6.07, 6.45) is 0.335. The first-order valence-corrected chi connectivity index (χ1v) is 5.78. The van der Waals surface area contributed by atoms with E-state index in [0.717, 1.165) is 11.4 Å². The molecule has 0 radical (unpaired) electrons. The van der Waals surface area contributed by atoms with Crippen molar-refractivity contribution in [2.24, 2.45) is 5.73 Å². The lowest BCUT2D eigenvalue weighted by Gasteiger charge is -2.31. The lowest BCUT2D eigenvalue weighted by atomic mass is 10.0. The highest BCUT2D eigenvalue weighted by Gasteiger charge is 2.26. The van der Waals surface area contributed by atoms with Crippen LogP contribution in [0.4, 0.5) is 5.69 Å². The van der Waals surface area contributed by atoms with Gasteiger partial charge in [-0.25, -0.2) is 0 Å². The van der Waals surface area contributed by atoms with Crippen LogP contribution in [0.15, 0.2) is 24.3 Å². The third-order valence-corrected chi connectivity index (χ3v) is 2.64. The van der Waals surface area contributed by atoms with E-state index in [2.05, 4.69) is 0 Å². The third kappa shape index (κ3) is 2.77. The van der Waals surface area contributed by atoms with Gasteiger partial charge in [-0.3, -0.25) is 4.79 Å². The van der Waals surface area contributed by atoms with Gasteiger partial charge in [-0.15, -0.1) is 0 Å². The van der Waals surface area contributed by atoms with Crippen LogP contribution >= 0.6 is 0 Å². The number of ether oxygens (including phenoxy) is 1. The van der Waals surface area contributed by atoms with Gasteiger partial charge < -0.3 is 15.4 Å². The Balaban J connectivity index is 2.21. The average molecular weight is 234 g/mol. The van der Waals surface area contributed by atoms with Crippen LogP contribution in [0.2, 0.25) is 0 Å². The Labute approximate surface area is 101 Å². The molecule has 0 saturated carbocycles. The number of para-hydroxylation sites is 2. The predicted octanol–water partition coefficient (Wildman–Crippen LogP) is 1.54. The van der Waals surface area contributed by atoms with Crippen molar-refractivity contribution in [3.05, 3.63) is 24.3 Å². The minimum Gasteiger partial charge on any atom is -0.490 e. The van der Waals surface area contributed by atoms with E-state index in [1.807, 2.05) is 38.1 Å². The van der Waals surface area contributed by atoms with Crippen LogP contribution < -0.4 is 15.4 Å². The topological polar surface area (TPSA) is 55.6 Å². The molecule has 1 aromatic carbocycles. The highest BCUT2D eigenvalue weighted by atomic mass is 16.5. The molecule has 0 saturated heterocycles. The molecule has 4 nitrogen and oxygen atoms in total. The first-order valence-electron chi connectivity index (χ1n) is 5.78. The summed E-state index contributed by atoms with van der Waals surface area (Å²) < 4.78 is 5.51. The zero-order valence-electron chi connectivity index (χ0n) is 10.3. The molecule has 0 bridgehead atoms. The molecule has 0 unspecified atom stereocenters. The van der Waals surface area contributed by atoms with Crippen molar-refractivity contribution in [1.29, 1.82) is 0 Å². The van der Waals surface area contributed by atoms with E-state index in [1.54, 1.807) is 4.90 Å². The molecule has 1 aromatic rings. The van der Waals surface area contributed by atoms with Gasteiger partial charge in [0.2, 0.25) is 5.91 Å². The van der Waals surface area contributed by atoms with Gasteiger partial charge in [-0.1, -0.05) is 12.1 Å². The fourth-order valence-corrected chi connectivity index (χ4v) is 1.91. The number of amides is 1. The number of anilines is 1. The maximum absolute atomic E-state index is 12.2. The van der Waals surface area contributed by atoms with Crippen LogP contribution in [0.3, 0.4) is 0 Å². The predicted molar refractivity (Wildman–Crippen MR) is 67.2 cm³/mol. The minimum atomic E-state index is -0.482. The van der Waals surface area contributed by atoms with Crippen LogP contribution in [-0.4, -0.2) is 24.6 Å². The van der Waals surface area contributed by atoms with Crippen molar-refractivity contribution in [1.82, 2.24) is 0 Å². The number of benzene rings is 1. The van der Waals surface area contributed by atoms with Gasteiger partial charge >= 0.3 is 0 Å². The molecule has 0 aromatic heterocycles. The smallest absolute Gasteiger partial charge is 0.229 e. The lowest BCUT2D eigenvalue weighted by Crippen LogP contribution is -2.44. The number of rotatable bonds is 2. The number of hydrogen-bond donors (Lipinski definition) is 1. The molecule has 1 aliphatic heterocycles. The van der Waals surface area contributed by atoms with Gasteiger partial charge in [0.1, 0.15) is 12.4 Å². The van der Waals surface area contributed by atoms with Crippen molar-refractivity contribution < 1.29 is 9.53 Å². The Bertz CT molecular complexity index is 424. The average Bonchev–Trinajstić information content (AvgIpc) is 2.26. The molecule has 1 amide bonds. The fourth-order valence-electron chi connectivity index (χ4n) is 1.91. The number of carbonyl (C=O) groups is 1. The molecule has 92 valence electrons. The zero-order chi connectivity index (χ0) is 12.5. The number of carbonyl (C=O) groups excluding carboxylic acids is 1. The summed E-state index contributed by atoms with van der Waals surface area (Å²) in [7, 11) is 0. The highest BCUT2D eigenvalue weighted by Crippen LogP contribution is 2.31. The van der Waals surface area contributed by atoms with E-state index in [-0.39, 0.29) is 5.91 Å². The van der Waals surface area contributed by atoms with Gasteiger partial charge in [0.15, 0.2) is 0 Å². The van der Waals surface area contributed by atoms with Gasteiger partial charge in [-0.2, -0.15) is 0 Å². The van der Waals surface area contributed by atoms with Crippen molar-refractivity contribution in [3.8, 4) is 5.75 Å². The highest BCUT2D eigenvalue weighted by molar-refractivity contribution is 5.95. The number of nitrogens with two attached hydrogens (primary N) is 1. The summed E-state index contributed by atoms with van der Waals surface area (Å²) in [4.78, 5) is 13.9. The lowest BCUT2D eigenvalue weighted by molar-refractivity contribution is -0.119.